The molecule has 2 aliphatic rings. The summed E-state index contributed by atoms with van der Waals surface area (Å²) in [6, 6.07) is 6.30. The van der Waals surface area contributed by atoms with Gasteiger partial charge in [0.15, 0.2) is 5.82 Å². The van der Waals surface area contributed by atoms with E-state index >= 15 is 0 Å². The Bertz CT molecular complexity index is 1260. The topological polar surface area (TPSA) is 102 Å². The minimum Gasteiger partial charge on any atom is -0.458 e. The first-order valence-electron chi connectivity index (χ1n) is 13.9. The molecule has 4 heterocycles. The number of hydrogen-bond acceptors (Lipinski definition) is 7. The lowest BCUT2D eigenvalue weighted by atomic mass is 9.73. The lowest BCUT2D eigenvalue weighted by molar-refractivity contribution is -0.198. The van der Waals surface area contributed by atoms with Gasteiger partial charge in [0.25, 0.3) is 5.78 Å². The molecule has 0 bridgehead atoms. The summed E-state index contributed by atoms with van der Waals surface area (Å²) in [5, 5.41) is 15.9. The average molecular weight is 506 g/mol. The van der Waals surface area contributed by atoms with Crippen LogP contribution in [0.3, 0.4) is 0 Å². The van der Waals surface area contributed by atoms with Crippen LogP contribution in [0.4, 0.5) is 0 Å². The van der Waals surface area contributed by atoms with Crippen LogP contribution in [-0.4, -0.2) is 47.3 Å². The Morgan fingerprint density at radius 2 is 1.76 bits per heavy atom. The predicted molar refractivity (Wildman–Crippen MR) is 140 cm³/mol. The fourth-order valence-electron chi connectivity index (χ4n) is 6.32. The van der Waals surface area contributed by atoms with Gasteiger partial charge in [0.05, 0.1) is 12.0 Å². The van der Waals surface area contributed by atoms with Crippen molar-refractivity contribution in [1.29, 1.82) is 0 Å². The van der Waals surface area contributed by atoms with Crippen molar-refractivity contribution in [3.63, 3.8) is 0 Å². The van der Waals surface area contributed by atoms with Gasteiger partial charge >= 0.3 is 5.97 Å². The second-order valence-electron chi connectivity index (χ2n) is 11.0. The molecule has 1 saturated carbocycles. The number of aromatic nitrogens is 5. The van der Waals surface area contributed by atoms with Gasteiger partial charge in [-0.1, -0.05) is 26.7 Å². The Hall–Kier alpha value is -2.87. The van der Waals surface area contributed by atoms with E-state index in [1.54, 1.807) is 4.52 Å². The summed E-state index contributed by atoms with van der Waals surface area (Å²) in [5.74, 6) is 0.304. The fourth-order valence-corrected chi connectivity index (χ4v) is 6.32. The first-order valence-corrected chi connectivity index (χ1v) is 13.9. The molecule has 3 aromatic rings. The average Bonchev–Trinajstić information content (AvgIpc) is 3.55. The minimum absolute atomic E-state index is 0.243. The summed E-state index contributed by atoms with van der Waals surface area (Å²) in [6.45, 7) is 8.13. The Morgan fingerprint density at radius 3 is 2.41 bits per heavy atom. The SMILES string of the molecule is CCc1cc(CC[C@]2(C3CCCC3)CC(O)C(Cc3nc4nc(C)cc(C)n4n3)C(=O)O2)cc(CC)n1. The van der Waals surface area contributed by atoms with E-state index in [0.29, 0.717) is 18.0 Å². The monoisotopic (exact) mass is 505 g/mol. The molecule has 1 aliphatic carbocycles. The zero-order chi connectivity index (χ0) is 26.2. The third-order valence-corrected chi connectivity index (χ3v) is 8.34. The Kier molecular flexibility index (Phi) is 7.30. The Balaban J connectivity index is 1.36. The molecule has 0 aromatic carbocycles. The molecule has 1 saturated heterocycles. The summed E-state index contributed by atoms with van der Waals surface area (Å²) in [4.78, 5) is 27.2. The predicted octanol–water partition coefficient (Wildman–Crippen LogP) is 4.29. The molecule has 8 heteroatoms. The molecular formula is C29H39N5O3. The molecule has 3 atom stereocenters. The summed E-state index contributed by atoms with van der Waals surface area (Å²) in [7, 11) is 0. The van der Waals surface area contributed by atoms with Crippen molar-refractivity contribution in [2.75, 3.05) is 0 Å². The normalized spacial score (nSPS) is 24.6. The minimum atomic E-state index is -0.792. The van der Waals surface area contributed by atoms with Crippen LogP contribution < -0.4 is 0 Å². The van der Waals surface area contributed by atoms with Crippen LogP contribution in [0.2, 0.25) is 0 Å². The van der Waals surface area contributed by atoms with Gasteiger partial charge in [-0.25, -0.2) is 9.50 Å². The first kappa shape index (κ1) is 25.8. The number of fused-ring (bicyclic) bond motifs is 1. The number of aliphatic hydroxyl groups is 1. The number of ether oxygens (including phenoxy) is 1. The van der Waals surface area contributed by atoms with Gasteiger partial charge in [-0.05, 0) is 82.1 Å². The number of carbonyl (C=O) groups excluding carboxylic acids is 1. The maximum absolute atomic E-state index is 13.5. The highest BCUT2D eigenvalue weighted by molar-refractivity contribution is 5.75. The highest BCUT2D eigenvalue weighted by Crippen LogP contribution is 2.46. The van der Waals surface area contributed by atoms with Gasteiger partial charge < -0.3 is 9.84 Å². The van der Waals surface area contributed by atoms with Gasteiger partial charge in [0.2, 0.25) is 0 Å². The molecule has 0 amide bonds. The number of cyclic esters (lactones) is 1. The van der Waals surface area contributed by atoms with Gasteiger partial charge in [-0.2, -0.15) is 4.98 Å². The zero-order valence-electron chi connectivity index (χ0n) is 22.5. The second-order valence-corrected chi connectivity index (χ2v) is 11.0. The number of aliphatic hydroxyl groups excluding tert-OH is 1. The zero-order valence-corrected chi connectivity index (χ0v) is 22.5. The summed E-state index contributed by atoms with van der Waals surface area (Å²) in [6.07, 6.45) is 7.62. The van der Waals surface area contributed by atoms with Crippen molar-refractivity contribution < 1.29 is 14.6 Å². The summed E-state index contributed by atoms with van der Waals surface area (Å²) >= 11 is 0. The molecule has 3 aromatic heterocycles. The molecule has 2 unspecified atom stereocenters. The third kappa shape index (κ3) is 5.26. The number of aryl methyl sites for hydroxylation is 5. The van der Waals surface area contributed by atoms with Crippen LogP contribution in [0.15, 0.2) is 18.2 Å². The smallest absolute Gasteiger partial charge is 0.312 e. The van der Waals surface area contributed by atoms with Gasteiger partial charge in [-0.3, -0.25) is 9.78 Å². The molecule has 2 fully saturated rings. The Labute approximate surface area is 218 Å². The van der Waals surface area contributed by atoms with Crippen LogP contribution in [0, 0.1) is 25.7 Å². The third-order valence-electron chi connectivity index (χ3n) is 8.34. The second kappa shape index (κ2) is 10.5. The quantitative estimate of drug-likeness (QED) is 0.456. The number of esters is 1. The summed E-state index contributed by atoms with van der Waals surface area (Å²) in [5.41, 5.74) is 4.61. The van der Waals surface area contributed by atoms with Gasteiger partial charge in [-0.15, -0.1) is 5.10 Å². The number of pyridine rings is 1. The lowest BCUT2D eigenvalue weighted by Crippen LogP contribution is -2.54. The number of nitrogens with zero attached hydrogens (tertiary/aromatic N) is 5. The van der Waals surface area contributed by atoms with Crippen molar-refractivity contribution in [1.82, 2.24) is 24.6 Å². The molecule has 1 aliphatic heterocycles. The molecule has 37 heavy (non-hydrogen) atoms. The molecule has 1 N–H and O–H groups in total. The highest BCUT2D eigenvalue weighted by atomic mass is 16.6. The number of rotatable bonds is 8. The largest absolute Gasteiger partial charge is 0.458 e. The van der Waals surface area contributed by atoms with Crippen LogP contribution in [0.1, 0.15) is 86.5 Å². The van der Waals surface area contributed by atoms with E-state index in [1.807, 2.05) is 19.9 Å². The van der Waals surface area contributed by atoms with E-state index in [2.05, 4.69) is 41.0 Å². The van der Waals surface area contributed by atoms with Crippen LogP contribution in [-0.2, 0) is 35.2 Å². The molecule has 5 rings (SSSR count). The molecule has 0 spiro atoms. The fraction of sp³-hybridized carbons (Fsp3) is 0.621. The standard InChI is InChI=1S/C29H39N5O3/c1-5-22-14-20(15-23(6-2)31-22)11-12-29(21-9-7-8-10-21)17-25(35)24(27(36)37-29)16-26-32-28-30-18(3)13-19(4)34(28)33-26/h13-15,21,24-25,35H,5-12,16-17H2,1-4H3/t24?,25?,29-/m1/s1. The van der Waals surface area contributed by atoms with Crippen LogP contribution in [0.5, 0.6) is 0 Å². The number of carbonyl (C=O) groups is 1. The maximum atomic E-state index is 13.5. The van der Waals surface area contributed by atoms with Crippen molar-refractivity contribution in [3.8, 4) is 0 Å². The van der Waals surface area contributed by atoms with Gasteiger partial charge in [0.1, 0.15) is 5.60 Å². The van der Waals surface area contributed by atoms with Crippen molar-refractivity contribution in [2.45, 2.75) is 104 Å². The van der Waals surface area contributed by atoms with E-state index in [0.717, 1.165) is 74.1 Å². The van der Waals surface area contributed by atoms with Crippen LogP contribution in [0.25, 0.3) is 5.78 Å². The van der Waals surface area contributed by atoms with E-state index in [1.165, 1.54) is 5.56 Å². The molecule has 198 valence electrons. The van der Waals surface area contributed by atoms with Crippen LogP contribution >= 0.6 is 0 Å². The molecule has 8 nitrogen and oxygen atoms in total. The van der Waals surface area contributed by atoms with Gasteiger partial charge in [0, 0.05) is 35.6 Å². The first-order chi connectivity index (χ1) is 17.8. The molecule has 0 radical (unpaired) electrons. The van der Waals surface area contributed by atoms with E-state index < -0.39 is 17.6 Å². The highest BCUT2D eigenvalue weighted by Gasteiger charge is 2.51. The maximum Gasteiger partial charge on any atom is 0.312 e. The number of hydrogen-bond donors (Lipinski definition) is 1. The van der Waals surface area contributed by atoms with E-state index in [-0.39, 0.29) is 18.3 Å². The van der Waals surface area contributed by atoms with E-state index in [4.69, 9.17) is 9.72 Å². The van der Waals surface area contributed by atoms with Crippen molar-refractivity contribution >= 4 is 11.7 Å². The molecular weight excluding hydrogens is 466 g/mol. The van der Waals surface area contributed by atoms with Crippen molar-refractivity contribution in [2.24, 2.45) is 11.8 Å². The lowest BCUT2D eigenvalue weighted by Gasteiger charge is -2.45. The summed E-state index contributed by atoms with van der Waals surface area (Å²) < 4.78 is 8.06. The van der Waals surface area contributed by atoms with E-state index in [9.17, 15) is 9.90 Å². The Morgan fingerprint density at radius 1 is 1.05 bits per heavy atom. The van der Waals surface area contributed by atoms with Crippen molar-refractivity contribution in [3.05, 3.63) is 52.4 Å².